The molecule has 8 heteroatoms. The van der Waals surface area contributed by atoms with E-state index in [2.05, 4.69) is 9.82 Å². The predicted octanol–water partition coefficient (Wildman–Crippen LogP) is 4.39. The van der Waals surface area contributed by atoms with Gasteiger partial charge in [0.15, 0.2) is 0 Å². The number of aryl methyl sites for hydroxylation is 2. The summed E-state index contributed by atoms with van der Waals surface area (Å²) in [5, 5.41) is 4.74. The molecule has 0 aliphatic heterocycles. The highest BCUT2D eigenvalue weighted by Gasteiger charge is 2.25. The molecule has 0 bridgehead atoms. The van der Waals surface area contributed by atoms with Gasteiger partial charge in [-0.15, -0.1) is 0 Å². The summed E-state index contributed by atoms with van der Waals surface area (Å²) in [4.78, 5) is 0.0844. The van der Waals surface area contributed by atoms with E-state index in [1.54, 1.807) is 51.1 Å². The lowest BCUT2D eigenvalue weighted by atomic mass is 10.2. The van der Waals surface area contributed by atoms with Crippen molar-refractivity contribution >= 4 is 27.3 Å². The number of halogens is 2. The Kier molecular flexibility index (Phi) is 4.77. The summed E-state index contributed by atoms with van der Waals surface area (Å²) in [7, 11) is -3.88. The summed E-state index contributed by atoms with van der Waals surface area (Å²) >= 11 is 5.97. The van der Waals surface area contributed by atoms with Gasteiger partial charge in [0, 0.05) is 5.02 Å². The van der Waals surface area contributed by atoms with Gasteiger partial charge in [-0.1, -0.05) is 17.7 Å². The second-order valence-corrected chi connectivity index (χ2v) is 8.01. The Balaban J connectivity index is 2.06. The van der Waals surface area contributed by atoms with E-state index >= 15 is 0 Å². The van der Waals surface area contributed by atoms with Crippen molar-refractivity contribution in [1.29, 1.82) is 0 Å². The number of sulfonamides is 1. The summed E-state index contributed by atoms with van der Waals surface area (Å²) in [6.45, 7) is 5.06. The highest BCUT2D eigenvalue weighted by atomic mass is 35.5. The van der Waals surface area contributed by atoms with E-state index in [1.165, 1.54) is 16.8 Å². The van der Waals surface area contributed by atoms with Gasteiger partial charge in [-0.05, 0) is 62.7 Å². The van der Waals surface area contributed by atoms with Crippen molar-refractivity contribution in [3.05, 3.63) is 70.3 Å². The van der Waals surface area contributed by atoms with Gasteiger partial charge in [-0.25, -0.2) is 17.5 Å². The Morgan fingerprint density at radius 1 is 1.08 bits per heavy atom. The second-order valence-electron chi connectivity index (χ2n) is 5.95. The molecule has 0 atom stereocenters. The van der Waals surface area contributed by atoms with Crippen LogP contribution in [0.25, 0.3) is 5.69 Å². The van der Waals surface area contributed by atoms with Crippen LogP contribution in [0.15, 0.2) is 47.4 Å². The zero-order valence-corrected chi connectivity index (χ0v) is 16.0. The van der Waals surface area contributed by atoms with Crippen LogP contribution < -0.4 is 4.72 Å². The molecule has 1 aromatic heterocycles. The first kappa shape index (κ1) is 18.4. The van der Waals surface area contributed by atoms with E-state index in [0.717, 1.165) is 5.56 Å². The fourth-order valence-corrected chi connectivity index (χ4v) is 4.44. The molecule has 0 aliphatic rings. The molecule has 0 saturated carbocycles. The first-order valence-electron chi connectivity index (χ1n) is 7.80. The van der Waals surface area contributed by atoms with Crippen LogP contribution >= 0.6 is 11.6 Å². The van der Waals surface area contributed by atoms with Crippen molar-refractivity contribution in [2.45, 2.75) is 25.7 Å². The van der Waals surface area contributed by atoms with Gasteiger partial charge in [0.2, 0.25) is 0 Å². The number of benzene rings is 2. The molecule has 0 aliphatic carbocycles. The van der Waals surface area contributed by atoms with Crippen molar-refractivity contribution in [3.8, 4) is 5.69 Å². The number of aromatic nitrogens is 2. The Morgan fingerprint density at radius 3 is 2.38 bits per heavy atom. The largest absolute Gasteiger partial charge is 0.279 e. The lowest BCUT2D eigenvalue weighted by Gasteiger charge is -2.11. The van der Waals surface area contributed by atoms with E-state index in [0.29, 0.717) is 27.8 Å². The molecule has 0 unspecified atom stereocenters. The molecule has 0 spiro atoms. The van der Waals surface area contributed by atoms with E-state index < -0.39 is 10.0 Å². The van der Waals surface area contributed by atoms with Crippen LogP contribution in [0.5, 0.6) is 0 Å². The van der Waals surface area contributed by atoms with E-state index in [9.17, 15) is 12.8 Å². The molecule has 3 aromatic rings. The van der Waals surface area contributed by atoms with Crippen LogP contribution in [0.4, 0.5) is 10.1 Å². The topological polar surface area (TPSA) is 64.0 Å². The van der Waals surface area contributed by atoms with Gasteiger partial charge in [-0.2, -0.15) is 5.10 Å². The molecule has 1 heterocycles. The Labute approximate surface area is 156 Å². The first-order chi connectivity index (χ1) is 12.2. The zero-order chi connectivity index (χ0) is 19.1. The van der Waals surface area contributed by atoms with Crippen LogP contribution in [-0.4, -0.2) is 18.2 Å². The third-order valence-electron chi connectivity index (χ3n) is 4.01. The molecule has 2 aromatic carbocycles. The van der Waals surface area contributed by atoms with Crippen molar-refractivity contribution in [2.75, 3.05) is 4.72 Å². The van der Waals surface area contributed by atoms with Gasteiger partial charge >= 0.3 is 0 Å². The minimum atomic E-state index is -3.88. The zero-order valence-electron chi connectivity index (χ0n) is 14.4. The van der Waals surface area contributed by atoms with Gasteiger partial charge in [0.25, 0.3) is 10.0 Å². The van der Waals surface area contributed by atoms with Gasteiger partial charge < -0.3 is 0 Å². The number of nitrogens with one attached hydrogen (secondary N) is 1. The fourth-order valence-electron chi connectivity index (χ4n) is 2.75. The molecule has 0 saturated heterocycles. The Morgan fingerprint density at radius 2 is 1.73 bits per heavy atom. The third-order valence-corrected chi connectivity index (χ3v) is 5.86. The SMILES string of the molecule is Cc1ccc(Cl)cc1NS(=O)(=O)c1c(C)nn(-c2ccc(F)cc2)c1C. The third kappa shape index (κ3) is 3.45. The number of anilines is 1. The summed E-state index contributed by atoms with van der Waals surface area (Å²) < 4.78 is 43.1. The summed E-state index contributed by atoms with van der Waals surface area (Å²) in [6.07, 6.45) is 0. The fraction of sp³-hybridized carbons (Fsp3) is 0.167. The molecular formula is C18H17ClFN3O2S. The average Bonchev–Trinajstić information content (AvgIpc) is 2.87. The van der Waals surface area contributed by atoms with E-state index in [-0.39, 0.29) is 10.7 Å². The highest BCUT2D eigenvalue weighted by molar-refractivity contribution is 7.92. The minimum absolute atomic E-state index is 0.0844. The molecule has 136 valence electrons. The van der Waals surface area contributed by atoms with Crippen LogP contribution in [-0.2, 0) is 10.0 Å². The lowest BCUT2D eigenvalue weighted by Crippen LogP contribution is -2.15. The molecule has 3 rings (SSSR count). The predicted molar refractivity (Wildman–Crippen MR) is 100.0 cm³/mol. The molecule has 0 fully saturated rings. The van der Waals surface area contributed by atoms with Crippen molar-refractivity contribution < 1.29 is 12.8 Å². The molecule has 1 N–H and O–H groups in total. The van der Waals surface area contributed by atoms with Crippen molar-refractivity contribution in [2.24, 2.45) is 0 Å². The maximum atomic E-state index is 13.1. The number of hydrogen-bond donors (Lipinski definition) is 1. The molecule has 0 radical (unpaired) electrons. The Bertz CT molecular complexity index is 1080. The number of hydrogen-bond acceptors (Lipinski definition) is 3. The quantitative estimate of drug-likeness (QED) is 0.714. The van der Waals surface area contributed by atoms with E-state index in [4.69, 9.17) is 11.6 Å². The average molecular weight is 394 g/mol. The molecular weight excluding hydrogens is 377 g/mol. The molecule has 5 nitrogen and oxygen atoms in total. The second kappa shape index (κ2) is 6.74. The summed E-state index contributed by atoms with van der Waals surface area (Å²) in [5.41, 5.74) is 2.51. The smallest absolute Gasteiger partial charge is 0.265 e. The number of rotatable bonds is 4. The summed E-state index contributed by atoms with van der Waals surface area (Å²) in [5.74, 6) is -0.374. The lowest BCUT2D eigenvalue weighted by molar-refractivity contribution is 0.600. The van der Waals surface area contributed by atoms with Crippen molar-refractivity contribution in [3.63, 3.8) is 0 Å². The van der Waals surface area contributed by atoms with Crippen LogP contribution in [0.3, 0.4) is 0 Å². The maximum Gasteiger partial charge on any atom is 0.265 e. The van der Waals surface area contributed by atoms with Gasteiger partial charge in [-0.3, -0.25) is 4.72 Å². The highest BCUT2D eigenvalue weighted by Crippen LogP contribution is 2.27. The standard InChI is InChI=1S/C18H17ClFN3O2S/c1-11-4-5-14(19)10-17(11)22-26(24,25)18-12(2)21-23(13(18)3)16-8-6-15(20)7-9-16/h4-10,22H,1-3H3. The van der Waals surface area contributed by atoms with Crippen molar-refractivity contribution in [1.82, 2.24) is 9.78 Å². The van der Waals surface area contributed by atoms with Crippen LogP contribution in [0.2, 0.25) is 5.02 Å². The van der Waals surface area contributed by atoms with E-state index in [1.807, 2.05) is 0 Å². The van der Waals surface area contributed by atoms with Gasteiger partial charge in [0.1, 0.15) is 10.7 Å². The monoisotopic (exact) mass is 393 g/mol. The maximum absolute atomic E-state index is 13.1. The van der Waals surface area contributed by atoms with Crippen LogP contribution in [0.1, 0.15) is 17.0 Å². The first-order valence-corrected chi connectivity index (χ1v) is 9.66. The summed E-state index contributed by atoms with van der Waals surface area (Å²) in [6, 6.07) is 10.7. The minimum Gasteiger partial charge on any atom is -0.279 e. The number of nitrogens with zero attached hydrogens (tertiary/aromatic N) is 2. The van der Waals surface area contributed by atoms with Crippen LogP contribution in [0, 0.1) is 26.6 Å². The Hall–Kier alpha value is -2.38. The molecule has 26 heavy (non-hydrogen) atoms. The van der Waals surface area contributed by atoms with Gasteiger partial charge in [0.05, 0.1) is 22.8 Å². The normalized spacial score (nSPS) is 11.6. The molecule has 0 amide bonds.